The van der Waals surface area contributed by atoms with Crippen LogP contribution < -0.4 is 20.3 Å². The average Bonchev–Trinajstić information content (AvgIpc) is 2.88. The number of aromatic nitrogens is 1. The molecule has 8 nitrogen and oxygen atoms in total. The van der Waals surface area contributed by atoms with Crippen LogP contribution in [-0.2, 0) is 13.2 Å². The van der Waals surface area contributed by atoms with Gasteiger partial charge in [0.15, 0.2) is 0 Å². The first-order valence-corrected chi connectivity index (χ1v) is 11.1. The lowest BCUT2D eigenvalue weighted by Crippen LogP contribution is -2.39. The first-order valence-electron chi connectivity index (χ1n) is 11.1. The molecule has 2 aromatic carbocycles. The smallest absolute Gasteiger partial charge is 0.326 e. The van der Waals surface area contributed by atoms with Crippen LogP contribution in [0.15, 0.2) is 85.2 Å². The van der Waals surface area contributed by atoms with Crippen LogP contribution >= 0.6 is 0 Å². The van der Waals surface area contributed by atoms with Crippen molar-refractivity contribution in [3.8, 4) is 5.75 Å². The van der Waals surface area contributed by atoms with Gasteiger partial charge >= 0.3 is 6.03 Å². The lowest BCUT2D eigenvalue weighted by atomic mass is 10.0. The number of ether oxygens (including phenoxy) is 1. The van der Waals surface area contributed by atoms with Gasteiger partial charge < -0.3 is 15.4 Å². The van der Waals surface area contributed by atoms with Gasteiger partial charge in [0.05, 0.1) is 12.2 Å². The van der Waals surface area contributed by atoms with Gasteiger partial charge in [-0.1, -0.05) is 25.3 Å². The van der Waals surface area contributed by atoms with E-state index >= 15 is 0 Å². The zero-order valence-electron chi connectivity index (χ0n) is 19.6. The van der Waals surface area contributed by atoms with E-state index in [2.05, 4.69) is 33.8 Å². The normalized spacial score (nSPS) is 12.9. The number of nitrogens with one attached hydrogen (secondary N) is 2. The minimum absolute atomic E-state index is 0.0415. The van der Waals surface area contributed by atoms with Gasteiger partial charge in [0.1, 0.15) is 29.7 Å². The summed E-state index contributed by atoms with van der Waals surface area (Å²) in [5.41, 5.74) is 3.43. The van der Waals surface area contributed by atoms with Crippen molar-refractivity contribution in [2.24, 2.45) is 4.99 Å². The Morgan fingerprint density at radius 2 is 2.11 bits per heavy atom. The largest absolute Gasteiger partial charge is 0.487 e. The van der Waals surface area contributed by atoms with E-state index in [-0.39, 0.29) is 36.6 Å². The molecule has 1 aliphatic rings. The van der Waals surface area contributed by atoms with Crippen LogP contribution in [-0.4, -0.2) is 22.8 Å². The summed E-state index contributed by atoms with van der Waals surface area (Å²) in [5, 5.41) is 5.48. The average molecular weight is 486 g/mol. The minimum Gasteiger partial charge on any atom is -0.487 e. The number of hydrogen-bond donors (Lipinski definition) is 2. The molecule has 0 aliphatic carbocycles. The molecule has 0 fully saturated rings. The molecule has 2 N–H and O–H groups in total. The highest BCUT2D eigenvalue weighted by molar-refractivity contribution is 6.11. The van der Waals surface area contributed by atoms with Crippen LogP contribution in [0.4, 0.5) is 20.6 Å². The van der Waals surface area contributed by atoms with E-state index in [1.165, 1.54) is 30.6 Å². The molecule has 3 amide bonds. The van der Waals surface area contributed by atoms with Gasteiger partial charge in [-0.05, 0) is 54.5 Å². The number of rotatable bonds is 7. The molecule has 1 aromatic heterocycles. The third-order valence-electron chi connectivity index (χ3n) is 5.53. The number of carbonyl (C=O) groups is 2. The van der Waals surface area contributed by atoms with Crippen LogP contribution in [0.1, 0.15) is 27.2 Å². The Morgan fingerprint density at radius 3 is 2.86 bits per heavy atom. The van der Waals surface area contributed by atoms with Crippen LogP contribution in [0.3, 0.4) is 0 Å². The quantitative estimate of drug-likeness (QED) is 0.359. The highest BCUT2D eigenvalue weighted by Gasteiger charge is 2.26. The Morgan fingerprint density at radius 1 is 1.28 bits per heavy atom. The molecule has 3 aromatic rings. The molecule has 1 aliphatic heterocycles. The second kappa shape index (κ2) is 10.6. The van der Waals surface area contributed by atoms with E-state index in [1.54, 1.807) is 35.2 Å². The fraction of sp³-hybridized carbons (Fsp3) is 0.111. The van der Waals surface area contributed by atoms with Gasteiger partial charge in [0, 0.05) is 29.7 Å². The predicted molar refractivity (Wildman–Crippen MR) is 137 cm³/mol. The zero-order valence-corrected chi connectivity index (χ0v) is 19.6. The lowest BCUT2D eigenvalue weighted by Gasteiger charge is -2.31. The molecule has 0 spiro atoms. The number of pyridine rings is 1. The number of anilines is 2. The van der Waals surface area contributed by atoms with Crippen molar-refractivity contribution in [2.45, 2.75) is 20.1 Å². The third-order valence-corrected chi connectivity index (χ3v) is 5.53. The first kappa shape index (κ1) is 24.3. The number of urea groups is 1. The van der Waals surface area contributed by atoms with Crippen LogP contribution in [0.5, 0.6) is 5.75 Å². The highest BCUT2D eigenvalue weighted by Crippen LogP contribution is 2.32. The van der Waals surface area contributed by atoms with Crippen LogP contribution in [0, 0.1) is 12.7 Å². The van der Waals surface area contributed by atoms with Crippen molar-refractivity contribution < 1.29 is 18.7 Å². The van der Waals surface area contributed by atoms with Gasteiger partial charge in [-0.15, -0.1) is 0 Å². The number of carbonyl (C=O) groups excluding carboxylic acids is 2. The van der Waals surface area contributed by atoms with E-state index in [1.807, 2.05) is 13.0 Å². The summed E-state index contributed by atoms with van der Waals surface area (Å²) in [4.78, 5) is 35.1. The van der Waals surface area contributed by atoms with E-state index < -0.39 is 5.82 Å². The molecule has 9 heteroatoms. The Hall–Kier alpha value is -4.79. The highest BCUT2D eigenvalue weighted by atomic mass is 19.1. The summed E-state index contributed by atoms with van der Waals surface area (Å²) in [6.07, 6.45) is 4.21. The number of amidine groups is 1. The third kappa shape index (κ3) is 5.30. The second-order valence-electron chi connectivity index (χ2n) is 7.91. The Bertz CT molecular complexity index is 1390. The molecular formula is C27H24FN5O3. The summed E-state index contributed by atoms with van der Waals surface area (Å²) in [6.45, 7) is 9.24. The fourth-order valence-corrected chi connectivity index (χ4v) is 3.66. The number of benzene rings is 2. The molecule has 0 saturated carbocycles. The summed E-state index contributed by atoms with van der Waals surface area (Å²) < 4.78 is 19.6. The maximum atomic E-state index is 13.9. The van der Waals surface area contributed by atoms with Gasteiger partial charge in [0.25, 0.3) is 5.91 Å². The van der Waals surface area contributed by atoms with Gasteiger partial charge in [0.2, 0.25) is 0 Å². The zero-order chi connectivity index (χ0) is 25.7. The number of halogens is 1. The summed E-state index contributed by atoms with van der Waals surface area (Å²) >= 11 is 0. The van der Waals surface area contributed by atoms with Crippen molar-refractivity contribution in [2.75, 3.05) is 10.2 Å². The van der Waals surface area contributed by atoms with Crippen molar-refractivity contribution >= 4 is 29.1 Å². The topological polar surface area (TPSA) is 95.9 Å². The maximum absolute atomic E-state index is 13.9. The molecule has 36 heavy (non-hydrogen) atoms. The molecule has 0 radical (unpaired) electrons. The number of fused-ring (bicyclic) bond motifs is 1. The maximum Gasteiger partial charge on any atom is 0.326 e. The summed E-state index contributed by atoms with van der Waals surface area (Å²) in [5.74, 6) is -0.0876. The number of aliphatic imine (C=N–C) groups is 1. The van der Waals surface area contributed by atoms with Crippen molar-refractivity contribution in [1.82, 2.24) is 10.3 Å². The van der Waals surface area contributed by atoms with Gasteiger partial charge in [-0.25, -0.2) is 14.2 Å². The molecule has 182 valence electrons. The molecule has 0 unspecified atom stereocenters. The molecule has 4 rings (SSSR count). The Labute approximate surface area is 207 Å². The fourth-order valence-electron chi connectivity index (χ4n) is 3.66. The van der Waals surface area contributed by atoms with Crippen LogP contribution in [0.2, 0.25) is 0 Å². The van der Waals surface area contributed by atoms with Gasteiger partial charge in [-0.2, -0.15) is 0 Å². The molecular weight excluding hydrogens is 461 g/mol. The van der Waals surface area contributed by atoms with Crippen molar-refractivity contribution in [1.29, 1.82) is 0 Å². The lowest BCUT2D eigenvalue weighted by molar-refractivity contribution is 0.0977. The summed E-state index contributed by atoms with van der Waals surface area (Å²) in [6, 6.07) is 12.9. The molecule has 0 bridgehead atoms. The number of nitrogens with zero attached hydrogens (tertiary/aromatic N) is 3. The Balaban J connectivity index is 1.52. The van der Waals surface area contributed by atoms with E-state index in [9.17, 15) is 14.0 Å². The SMILES string of the molecule is C=CN=C(C=C)NC(=O)c1ccc2c(c1)NC(=O)N(c1cc(OCc3ncccc3F)ccc1C)C2. The van der Waals surface area contributed by atoms with Crippen molar-refractivity contribution in [3.63, 3.8) is 0 Å². The van der Waals surface area contributed by atoms with E-state index in [4.69, 9.17) is 4.74 Å². The first-order chi connectivity index (χ1) is 17.4. The molecule has 0 atom stereocenters. The summed E-state index contributed by atoms with van der Waals surface area (Å²) in [7, 11) is 0. The van der Waals surface area contributed by atoms with Gasteiger partial charge in [-0.3, -0.25) is 14.7 Å². The number of hydrogen-bond acceptors (Lipinski definition) is 5. The predicted octanol–water partition coefficient (Wildman–Crippen LogP) is 5.12. The molecule has 0 saturated heterocycles. The van der Waals surface area contributed by atoms with E-state index in [0.717, 1.165) is 11.1 Å². The minimum atomic E-state index is -0.446. The standard InChI is InChI=1S/C27H24FN5O3/c1-4-25(29-5-2)32-26(34)18-9-10-19-15-33(27(35)31-22(19)13-18)24-14-20(11-8-17(24)3)36-16-23-21(28)7-6-12-30-23/h4-14H,1-2,15-16H2,3H3,(H,31,35)(H,29,32,34). The molecule has 2 heterocycles. The second-order valence-corrected chi connectivity index (χ2v) is 7.91. The monoisotopic (exact) mass is 485 g/mol. The number of amides is 3. The van der Waals surface area contributed by atoms with Crippen molar-refractivity contribution in [3.05, 3.63) is 108 Å². The number of aryl methyl sites for hydroxylation is 1. The van der Waals surface area contributed by atoms with E-state index in [0.29, 0.717) is 22.7 Å². The Kier molecular flexibility index (Phi) is 7.20. The van der Waals surface area contributed by atoms with Crippen LogP contribution in [0.25, 0.3) is 0 Å².